The number of hydrazone groups is 1. The summed E-state index contributed by atoms with van der Waals surface area (Å²) in [6.45, 7) is 0. The van der Waals surface area contributed by atoms with E-state index in [1.807, 2.05) is 0 Å². The fourth-order valence-electron chi connectivity index (χ4n) is 1.98. The predicted octanol–water partition coefficient (Wildman–Crippen LogP) is 3.42. The normalized spacial score (nSPS) is 10.7. The molecular formula is C18H12BrN3O4. The van der Waals surface area contributed by atoms with Crippen molar-refractivity contribution in [2.45, 2.75) is 0 Å². The molecule has 3 aromatic rings. The van der Waals surface area contributed by atoms with Crippen LogP contribution in [-0.2, 0) is 0 Å². The largest absolute Gasteiger partial charge is 0.457 e. The minimum absolute atomic E-state index is 0.0840. The van der Waals surface area contributed by atoms with Gasteiger partial charge in [0.25, 0.3) is 5.91 Å². The van der Waals surface area contributed by atoms with Crippen molar-refractivity contribution in [3.63, 3.8) is 0 Å². The number of carbonyl (C=O) groups is 2. The second kappa shape index (κ2) is 8.21. The van der Waals surface area contributed by atoms with Crippen molar-refractivity contribution in [3.05, 3.63) is 82.5 Å². The van der Waals surface area contributed by atoms with Crippen LogP contribution in [0.3, 0.4) is 0 Å². The summed E-state index contributed by atoms with van der Waals surface area (Å²) in [7, 11) is 0. The third-order valence-corrected chi connectivity index (χ3v) is 3.68. The van der Waals surface area contributed by atoms with Crippen LogP contribution < -0.4 is 10.2 Å². The van der Waals surface area contributed by atoms with Crippen molar-refractivity contribution < 1.29 is 18.7 Å². The van der Waals surface area contributed by atoms with Crippen molar-refractivity contribution in [1.82, 2.24) is 10.4 Å². The van der Waals surface area contributed by atoms with Gasteiger partial charge in [0, 0.05) is 22.4 Å². The molecule has 0 saturated carbocycles. The SMILES string of the molecule is O=C(NN=Cc1cc(Br)ccc1OC(=O)c1ccco1)c1cccnc1. The summed E-state index contributed by atoms with van der Waals surface area (Å²) in [6, 6.07) is 11.4. The van der Waals surface area contributed by atoms with Crippen LogP contribution in [0.25, 0.3) is 0 Å². The van der Waals surface area contributed by atoms with Crippen molar-refractivity contribution in [3.8, 4) is 5.75 Å². The smallest absolute Gasteiger partial charge is 0.379 e. The zero-order chi connectivity index (χ0) is 18.4. The van der Waals surface area contributed by atoms with E-state index in [1.54, 1.807) is 42.6 Å². The fourth-order valence-corrected chi connectivity index (χ4v) is 2.36. The molecule has 0 saturated heterocycles. The van der Waals surface area contributed by atoms with Crippen LogP contribution in [-0.4, -0.2) is 23.1 Å². The quantitative estimate of drug-likeness (QED) is 0.299. The minimum atomic E-state index is -0.633. The average Bonchev–Trinajstić information content (AvgIpc) is 3.19. The number of rotatable bonds is 5. The summed E-state index contributed by atoms with van der Waals surface area (Å²) in [5.74, 6) is -0.681. The van der Waals surface area contributed by atoms with E-state index in [-0.39, 0.29) is 11.5 Å². The zero-order valence-electron chi connectivity index (χ0n) is 13.3. The lowest BCUT2D eigenvalue weighted by atomic mass is 10.2. The van der Waals surface area contributed by atoms with Gasteiger partial charge in [-0.3, -0.25) is 9.78 Å². The van der Waals surface area contributed by atoms with E-state index in [4.69, 9.17) is 9.15 Å². The third-order valence-electron chi connectivity index (χ3n) is 3.19. The number of hydrogen-bond donors (Lipinski definition) is 1. The number of aromatic nitrogens is 1. The van der Waals surface area contributed by atoms with Gasteiger partial charge in [0.1, 0.15) is 5.75 Å². The van der Waals surface area contributed by atoms with Gasteiger partial charge < -0.3 is 9.15 Å². The Morgan fingerprint density at radius 2 is 2.12 bits per heavy atom. The number of ether oxygens (including phenoxy) is 1. The summed E-state index contributed by atoms with van der Waals surface area (Å²) in [5.41, 5.74) is 3.26. The molecule has 130 valence electrons. The van der Waals surface area contributed by atoms with Gasteiger partial charge in [-0.1, -0.05) is 15.9 Å². The second-order valence-corrected chi connectivity index (χ2v) is 5.91. The molecule has 7 nitrogen and oxygen atoms in total. The Kier molecular flexibility index (Phi) is 5.55. The van der Waals surface area contributed by atoms with Crippen LogP contribution in [0.15, 0.2) is 75.1 Å². The zero-order valence-corrected chi connectivity index (χ0v) is 14.8. The molecule has 0 radical (unpaired) electrons. The first-order valence-electron chi connectivity index (χ1n) is 7.42. The van der Waals surface area contributed by atoms with Crippen LogP contribution in [0.1, 0.15) is 26.5 Å². The van der Waals surface area contributed by atoms with Gasteiger partial charge >= 0.3 is 5.97 Å². The van der Waals surface area contributed by atoms with Crippen molar-refractivity contribution >= 4 is 34.0 Å². The topological polar surface area (TPSA) is 93.8 Å². The molecule has 0 atom stereocenters. The maximum Gasteiger partial charge on any atom is 0.379 e. The molecule has 1 aromatic carbocycles. The first-order valence-corrected chi connectivity index (χ1v) is 8.21. The van der Waals surface area contributed by atoms with Crippen molar-refractivity contribution in [2.24, 2.45) is 5.10 Å². The molecule has 0 spiro atoms. The van der Waals surface area contributed by atoms with Gasteiger partial charge in [0.2, 0.25) is 5.76 Å². The molecule has 0 bridgehead atoms. The highest BCUT2D eigenvalue weighted by Gasteiger charge is 2.14. The average molecular weight is 414 g/mol. The molecule has 0 aliphatic rings. The number of esters is 1. The van der Waals surface area contributed by atoms with Gasteiger partial charge in [-0.05, 0) is 42.5 Å². The Morgan fingerprint density at radius 3 is 2.85 bits per heavy atom. The van der Waals surface area contributed by atoms with Crippen LogP contribution in [0.2, 0.25) is 0 Å². The van der Waals surface area contributed by atoms with Crippen LogP contribution >= 0.6 is 15.9 Å². The predicted molar refractivity (Wildman–Crippen MR) is 97.1 cm³/mol. The Balaban J connectivity index is 1.73. The molecule has 1 N–H and O–H groups in total. The molecule has 0 unspecified atom stereocenters. The number of nitrogens with one attached hydrogen (secondary N) is 1. The molecule has 0 aliphatic carbocycles. The van der Waals surface area contributed by atoms with E-state index in [9.17, 15) is 9.59 Å². The molecule has 8 heteroatoms. The van der Waals surface area contributed by atoms with E-state index in [1.165, 1.54) is 24.7 Å². The van der Waals surface area contributed by atoms with Crippen LogP contribution in [0, 0.1) is 0 Å². The van der Waals surface area contributed by atoms with Crippen molar-refractivity contribution in [2.75, 3.05) is 0 Å². The van der Waals surface area contributed by atoms with E-state index >= 15 is 0 Å². The third kappa shape index (κ3) is 4.42. The molecule has 2 heterocycles. The van der Waals surface area contributed by atoms with E-state index < -0.39 is 11.9 Å². The second-order valence-electron chi connectivity index (χ2n) is 4.99. The Labute approximate surface area is 156 Å². The molecular weight excluding hydrogens is 402 g/mol. The number of furan rings is 1. The number of amides is 1. The lowest BCUT2D eigenvalue weighted by Crippen LogP contribution is -2.17. The standard InChI is InChI=1S/C18H12BrN3O4/c19-14-5-6-15(26-18(24)16-4-2-8-25-16)13(9-14)11-21-22-17(23)12-3-1-7-20-10-12/h1-11H,(H,22,23). The van der Waals surface area contributed by atoms with E-state index in [0.717, 1.165) is 4.47 Å². The van der Waals surface area contributed by atoms with E-state index in [0.29, 0.717) is 11.1 Å². The molecule has 0 aliphatic heterocycles. The summed E-state index contributed by atoms with van der Waals surface area (Å²) >= 11 is 3.34. The molecule has 2 aromatic heterocycles. The van der Waals surface area contributed by atoms with Crippen LogP contribution in [0.5, 0.6) is 5.75 Å². The minimum Gasteiger partial charge on any atom is -0.457 e. The first kappa shape index (κ1) is 17.6. The molecule has 1 amide bonds. The number of hydrogen-bond acceptors (Lipinski definition) is 6. The first-order chi connectivity index (χ1) is 12.6. The summed E-state index contributed by atoms with van der Waals surface area (Å²) in [4.78, 5) is 27.8. The van der Waals surface area contributed by atoms with Gasteiger partial charge in [0.05, 0.1) is 18.0 Å². The Hall–Kier alpha value is -3.26. The maximum absolute atomic E-state index is 12.0. The van der Waals surface area contributed by atoms with E-state index in [2.05, 4.69) is 31.4 Å². The lowest BCUT2D eigenvalue weighted by Gasteiger charge is -2.06. The van der Waals surface area contributed by atoms with Gasteiger partial charge in [-0.15, -0.1) is 0 Å². The fraction of sp³-hybridized carbons (Fsp3) is 0. The summed E-state index contributed by atoms with van der Waals surface area (Å²) < 4.78 is 11.1. The Morgan fingerprint density at radius 1 is 1.23 bits per heavy atom. The summed E-state index contributed by atoms with van der Waals surface area (Å²) in [5, 5.41) is 3.90. The number of carbonyl (C=O) groups excluding carboxylic acids is 2. The lowest BCUT2D eigenvalue weighted by molar-refractivity contribution is 0.0701. The highest BCUT2D eigenvalue weighted by atomic mass is 79.9. The highest BCUT2D eigenvalue weighted by Crippen LogP contribution is 2.23. The highest BCUT2D eigenvalue weighted by molar-refractivity contribution is 9.10. The monoisotopic (exact) mass is 413 g/mol. The van der Waals surface area contributed by atoms with Crippen LogP contribution in [0.4, 0.5) is 0 Å². The number of nitrogens with zero attached hydrogens (tertiary/aromatic N) is 2. The van der Waals surface area contributed by atoms with Gasteiger partial charge in [-0.25, -0.2) is 10.2 Å². The number of benzene rings is 1. The van der Waals surface area contributed by atoms with Gasteiger partial charge in [-0.2, -0.15) is 5.10 Å². The summed E-state index contributed by atoms with van der Waals surface area (Å²) in [6.07, 6.45) is 5.76. The number of halogens is 1. The maximum atomic E-state index is 12.0. The molecule has 3 rings (SSSR count). The molecule has 0 fully saturated rings. The molecule has 26 heavy (non-hydrogen) atoms. The number of pyridine rings is 1. The van der Waals surface area contributed by atoms with Gasteiger partial charge in [0.15, 0.2) is 0 Å². The Bertz CT molecular complexity index is 940. The van der Waals surface area contributed by atoms with Crippen molar-refractivity contribution in [1.29, 1.82) is 0 Å².